The van der Waals surface area contributed by atoms with Crippen LogP contribution in [0, 0.1) is 19.8 Å². The first-order valence-corrected chi connectivity index (χ1v) is 8.73. The van der Waals surface area contributed by atoms with Crippen LogP contribution < -0.4 is 10.6 Å². The van der Waals surface area contributed by atoms with E-state index < -0.39 is 0 Å². The molecule has 2 unspecified atom stereocenters. The maximum atomic E-state index is 12.9. The fourth-order valence-corrected chi connectivity index (χ4v) is 3.23. The Balaban J connectivity index is 1.79. The molecule has 1 aliphatic rings. The van der Waals surface area contributed by atoms with Gasteiger partial charge in [0.15, 0.2) is 0 Å². The average molecular weight is 322 g/mol. The monoisotopic (exact) mass is 322 g/mol. The zero-order chi connectivity index (χ0) is 17.1. The van der Waals surface area contributed by atoms with Crippen LogP contribution in [0.2, 0.25) is 0 Å². The summed E-state index contributed by atoms with van der Waals surface area (Å²) in [5.74, 6) is 0.698. The summed E-state index contributed by atoms with van der Waals surface area (Å²) in [5.41, 5.74) is 4.17. The van der Waals surface area contributed by atoms with Crippen molar-refractivity contribution in [1.29, 1.82) is 0 Å². The molecule has 1 fully saturated rings. The number of amides is 1. The number of hydrogen-bond donors (Lipinski definition) is 2. The van der Waals surface area contributed by atoms with Gasteiger partial charge in [-0.2, -0.15) is 0 Å². The number of carbonyl (C=O) groups excluding carboxylic acids is 1. The number of hydrogen-bond acceptors (Lipinski definition) is 2. The maximum absolute atomic E-state index is 12.9. The van der Waals surface area contributed by atoms with Crippen molar-refractivity contribution in [2.45, 2.75) is 45.7 Å². The molecule has 1 aliphatic carbocycles. The lowest BCUT2D eigenvalue weighted by Gasteiger charge is -2.23. The van der Waals surface area contributed by atoms with E-state index in [-0.39, 0.29) is 11.9 Å². The molecule has 3 rings (SSSR count). The standard InChI is InChI=1S/C21H26N2O/c1-14-11-15(2)13-19(12-14)23-21(24)20(18-7-5-4-6-8-18)22-16(3)17-9-10-17/h4-8,11-13,16-17,20,22H,9-10H2,1-3H3,(H,23,24). The van der Waals surface area contributed by atoms with E-state index in [0.717, 1.165) is 22.4 Å². The Morgan fingerprint density at radius 3 is 2.25 bits per heavy atom. The van der Waals surface area contributed by atoms with Crippen molar-refractivity contribution in [1.82, 2.24) is 5.32 Å². The molecule has 3 nitrogen and oxygen atoms in total. The predicted octanol–water partition coefficient (Wildman–Crippen LogP) is 4.37. The van der Waals surface area contributed by atoms with E-state index in [1.165, 1.54) is 12.8 Å². The summed E-state index contributed by atoms with van der Waals surface area (Å²) in [4.78, 5) is 12.9. The molecule has 1 amide bonds. The van der Waals surface area contributed by atoms with E-state index >= 15 is 0 Å². The minimum absolute atomic E-state index is 0.00120. The molecule has 2 N–H and O–H groups in total. The summed E-state index contributed by atoms with van der Waals surface area (Å²) in [5, 5.41) is 6.62. The van der Waals surface area contributed by atoms with Gasteiger partial charge in [-0.3, -0.25) is 10.1 Å². The first-order valence-electron chi connectivity index (χ1n) is 8.73. The van der Waals surface area contributed by atoms with Crippen molar-refractivity contribution in [3.63, 3.8) is 0 Å². The molecule has 1 saturated carbocycles. The lowest BCUT2D eigenvalue weighted by atomic mass is 10.0. The Morgan fingerprint density at radius 1 is 1.04 bits per heavy atom. The SMILES string of the molecule is Cc1cc(C)cc(NC(=O)C(NC(C)C2CC2)c2ccccc2)c1. The predicted molar refractivity (Wildman–Crippen MR) is 99.1 cm³/mol. The van der Waals surface area contributed by atoms with Gasteiger partial charge < -0.3 is 5.32 Å². The van der Waals surface area contributed by atoms with E-state index in [2.05, 4.69) is 23.6 Å². The summed E-state index contributed by atoms with van der Waals surface area (Å²) in [6.07, 6.45) is 2.52. The van der Waals surface area contributed by atoms with Crippen LogP contribution in [0.15, 0.2) is 48.5 Å². The van der Waals surface area contributed by atoms with Crippen molar-refractivity contribution in [2.24, 2.45) is 5.92 Å². The Morgan fingerprint density at radius 2 is 1.67 bits per heavy atom. The van der Waals surface area contributed by atoms with Gasteiger partial charge in [0, 0.05) is 11.7 Å². The van der Waals surface area contributed by atoms with Crippen molar-refractivity contribution in [3.05, 3.63) is 65.2 Å². The Kier molecular flexibility index (Phi) is 5.00. The number of aryl methyl sites for hydroxylation is 2. The molecular weight excluding hydrogens is 296 g/mol. The highest BCUT2D eigenvalue weighted by Gasteiger charge is 2.31. The second kappa shape index (κ2) is 7.18. The Bertz CT molecular complexity index is 687. The van der Waals surface area contributed by atoms with Crippen LogP contribution in [0.5, 0.6) is 0 Å². The van der Waals surface area contributed by atoms with Crippen molar-refractivity contribution >= 4 is 11.6 Å². The Labute approximate surface area is 144 Å². The zero-order valence-electron chi connectivity index (χ0n) is 14.7. The fourth-order valence-electron chi connectivity index (χ4n) is 3.23. The van der Waals surface area contributed by atoms with Crippen LogP contribution in [0.1, 0.15) is 42.5 Å². The van der Waals surface area contributed by atoms with Gasteiger partial charge in [0.1, 0.15) is 6.04 Å². The number of carbonyl (C=O) groups is 1. The van der Waals surface area contributed by atoms with Gasteiger partial charge in [-0.15, -0.1) is 0 Å². The van der Waals surface area contributed by atoms with Gasteiger partial charge in [-0.1, -0.05) is 36.4 Å². The van der Waals surface area contributed by atoms with Gasteiger partial charge in [-0.25, -0.2) is 0 Å². The van der Waals surface area contributed by atoms with Crippen LogP contribution in [-0.2, 0) is 4.79 Å². The first kappa shape index (κ1) is 16.7. The number of nitrogens with one attached hydrogen (secondary N) is 2. The molecule has 0 saturated heterocycles. The van der Waals surface area contributed by atoms with Crippen LogP contribution in [0.25, 0.3) is 0 Å². The molecular formula is C21H26N2O. The minimum atomic E-state index is -0.331. The normalized spacial score (nSPS) is 16.5. The minimum Gasteiger partial charge on any atom is -0.324 e. The quantitative estimate of drug-likeness (QED) is 0.829. The number of benzene rings is 2. The van der Waals surface area contributed by atoms with E-state index in [1.807, 2.05) is 56.3 Å². The molecule has 0 spiro atoms. The van der Waals surface area contributed by atoms with E-state index in [0.29, 0.717) is 12.0 Å². The van der Waals surface area contributed by atoms with Crippen LogP contribution in [0.3, 0.4) is 0 Å². The van der Waals surface area contributed by atoms with E-state index in [9.17, 15) is 4.79 Å². The summed E-state index contributed by atoms with van der Waals surface area (Å²) >= 11 is 0. The molecule has 0 bridgehead atoms. The third-order valence-corrected chi connectivity index (χ3v) is 4.64. The molecule has 2 atom stereocenters. The summed E-state index contributed by atoms with van der Waals surface area (Å²) in [6, 6.07) is 16.1. The van der Waals surface area contributed by atoms with Crippen molar-refractivity contribution < 1.29 is 4.79 Å². The topological polar surface area (TPSA) is 41.1 Å². The Hall–Kier alpha value is -2.13. The highest BCUT2D eigenvalue weighted by molar-refractivity contribution is 5.95. The van der Waals surface area contributed by atoms with Gasteiger partial charge >= 0.3 is 0 Å². The summed E-state index contributed by atoms with van der Waals surface area (Å²) in [7, 11) is 0. The largest absolute Gasteiger partial charge is 0.324 e. The van der Waals surface area contributed by atoms with Gasteiger partial charge in [0.2, 0.25) is 5.91 Å². The highest BCUT2D eigenvalue weighted by atomic mass is 16.2. The van der Waals surface area contributed by atoms with Crippen LogP contribution in [0.4, 0.5) is 5.69 Å². The van der Waals surface area contributed by atoms with Gasteiger partial charge in [0.05, 0.1) is 0 Å². The molecule has 3 heteroatoms. The van der Waals surface area contributed by atoms with Crippen molar-refractivity contribution in [2.75, 3.05) is 5.32 Å². The highest BCUT2D eigenvalue weighted by Crippen LogP contribution is 2.33. The average Bonchev–Trinajstić information content (AvgIpc) is 3.37. The van der Waals surface area contributed by atoms with E-state index in [4.69, 9.17) is 0 Å². The third kappa shape index (κ3) is 4.24. The third-order valence-electron chi connectivity index (χ3n) is 4.64. The maximum Gasteiger partial charge on any atom is 0.246 e. The van der Waals surface area contributed by atoms with Gasteiger partial charge in [-0.05, 0) is 68.4 Å². The second-order valence-corrected chi connectivity index (χ2v) is 7.00. The molecule has 0 heterocycles. The fraction of sp³-hybridized carbons (Fsp3) is 0.381. The van der Waals surface area contributed by atoms with Gasteiger partial charge in [0.25, 0.3) is 0 Å². The second-order valence-electron chi connectivity index (χ2n) is 7.00. The summed E-state index contributed by atoms with van der Waals surface area (Å²) in [6.45, 7) is 6.27. The molecule has 24 heavy (non-hydrogen) atoms. The molecule has 126 valence electrons. The smallest absolute Gasteiger partial charge is 0.246 e. The number of anilines is 1. The molecule has 0 radical (unpaired) electrons. The van der Waals surface area contributed by atoms with E-state index in [1.54, 1.807) is 0 Å². The molecule has 2 aromatic rings. The number of rotatable bonds is 6. The van der Waals surface area contributed by atoms with Crippen LogP contribution in [-0.4, -0.2) is 11.9 Å². The zero-order valence-corrected chi connectivity index (χ0v) is 14.7. The van der Waals surface area contributed by atoms with Crippen molar-refractivity contribution in [3.8, 4) is 0 Å². The lowest BCUT2D eigenvalue weighted by molar-refractivity contribution is -0.118. The molecule has 2 aromatic carbocycles. The molecule has 0 aromatic heterocycles. The first-order chi connectivity index (χ1) is 11.5. The lowest BCUT2D eigenvalue weighted by Crippen LogP contribution is -2.39. The summed E-state index contributed by atoms with van der Waals surface area (Å²) < 4.78 is 0. The van der Waals surface area contributed by atoms with Crippen LogP contribution >= 0.6 is 0 Å². The molecule has 0 aliphatic heterocycles.